The Bertz CT molecular complexity index is 1070. The Morgan fingerprint density at radius 3 is 2.60 bits per heavy atom. The van der Waals surface area contributed by atoms with Crippen molar-refractivity contribution in [3.63, 3.8) is 0 Å². The number of benzene rings is 1. The number of carbonyl (C=O) groups is 1. The average molecular weight is 414 g/mol. The van der Waals surface area contributed by atoms with Gasteiger partial charge in [-0.2, -0.15) is 0 Å². The molecule has 0 unspecified atom stereocenters. The highest BCUT2D eigenvalue weighted by Gasteiger charge is 2.23. The van der Waals surface area contributed by atoms with Crippen LogP contribution in [0.25, 0.3) is 5.65 Å². The Balaban J connectivity index is 1.32. The third kappa shape index (κ3) is 4.28. The van der Waals surface area contributed by atoms with Crippen LogP contribution in [0.3, 0.4) is 0 Å². The summed E-state index contributed by atoms with van der Waals surface area (Å²) in [5.74, 6) is -1.83. The number of aromatic nitrogens is 2. The molecule has 3 heterocycles. The van der Waals surface area contributed by atoms with Gasteiger partial charge >= 0.3 is 0 Å². The molecule has 2 aromatic heterocycles. The van der Waals surface area contributed by atoms with Gasteiger partial charge in [0.05, 0.1) is 11.4 Å². The van der Waals surface area contributed by atoms with Gasteiger partial charge in [-0.3, -0.25) is 9.69 Å². The minimum Gasteiger partial charge on any atom is -0.481 e. The molecule has 1 aliphatic heterocycles. The maximum absolute atomic E-state index is 13.6. The molecule has 1 amide bonds. The number of fused-ring (bicyclic) bond motifs is 1. The monoisotopic (exact) mass is 414 g/mol. The number of amides is 1. The molecular formula is C22H24F2N4O2. The molecule has 8 heteroatoms. The first kappa shape index (κ1) is 20.3. The summed E-state index contributed by atoms with van der Waals surface area (Å²) in [4.78, 5) is 21.1. The van der Waals surface area contributed by atoms with Gasteiger partial charge in [-0.25, -0.2) is 13.8 Å². The number of carbonyl (C=O) groups excluding carboxylic acids is 1. The smallest absolute Gasteiger partial charge is 0.260 e. The quantitative estimate of drug-likeness (QED) is 0.644. The van der Waals surface area contributed by atoms with Gasteiger partial charge in [0, 0.05) is 45.0 Å². The molecule has 1 aromatic carbocycles. The first-order chi connectivity index (χ1) is 14.4. The number of rotatable bonds is 5. The summed E-state index contributed by atoms with van der Waals surface area (Å²) in [5.41, 5.74) is 4.28. The molecule has 30 heavy (non-hydrogen) atoms. The summed E-state index contributed by atoms with van der Waals surface area (Å²) in [5, 5.41) is 0. The van der Waals surface area contributed by atoms with E-state index in [1.165, 1.54) is 11.6 Å². The molecule has 0 bridgehead atoms. The van der Waals surface area contributed by atoms with Crippen LogP contribution in [-0.4, -0.2) is 57.9 Å². The largest absolute Gasteiger partial charge is 0.481 e. The fraction of sp³-hybridized carbons (Fsp3) is 0.364. The van der Waals surface area contributed by atoms with Crippen LogP contribution < -0.4 is 4.74 Å². The molecule has 0 N–H and O–H groups in total. The van der Waals surface area contributed by atoms with Gasteiger partial charge in [0.15, 0.2) is 18.2 Å². The van der Waals surface area contributed by atoms with Gasteiger partial charge in [0.25, 0.3) is 5.91 Å². The summed E-state index contributed by atoms with van der Waals surface area (Å²) in [6.45, 7) is 7.16. The van der Waals surface area contributed by atoms with Gasteiger partial charge in [-0.05, 0) is 43.7 Å². The number of hydrogen-bond acceptors (Lipinski definition) is 4. The molecule has 1 aliphatic rings. The zero-order chi connectivity index (χ0) is 21.3. The maximum Gasteiger partial charge on any atom is 0.260 e. The third-order valence-corrected chi connectivity index (χ3v) is 5.42. The SMILES string of the molecule is Cc1ccn2c(CN3CCN(C(=O)COc4ccc(F)cc4F)CC3)c(C)nc2c1. The number of piperazine rings is 1. The van der Waals surface area contributed by atoms with E-state index >= 15 is 0 Å². The molecule has 1 saturated heterocycles. The van der Waals surface area contributed by atoms with Crippen LogP contribution in [0, 0.1) is 25.5 Å². The number of hydrogen-bond donors (Lipinski definition) is 0. The van der Waals surface area contributed by atoms with Gasteiger partial charge in [0.1, 0.15) is 11.5 Å². The molecule has 1 fully saturated rings. The van der Waals surface area contributed by atoms with Crippen LogP contribution in [0.1, 0.15) is 17.0 Å². The van der Waals surface area contributed by atoms with E-state index in [1.807, 2.05) is 20.0 Å². The first-order valence-electron chi connectivity index (χ1n) is 9.93. The minimum absolute atomic E-state index is 0.123. The Morgan fingerprint density at radius 1 is 1.10 bits per heavy atom. The maximum atomic E-state index is 13.6. The van der Waals surface area contributed by atoms with Crippen LogP contribution in [0.15, 0.2) is 36.5 Å². The lowest BCUT2D eigenvalue weighted by molar-refractivity contribution is -0.135. The van der Waals surface area contributed by atoms with Crippen LogP contribution >= 0.6 is 0 Å². The first-order valence-corrected chi connectivity index (χ1v) is 9.93. The number of imidazole rings is 1. The highest BCUT2D eigenvalue weighted by Crippen LogP contribution is 2.19. The Labute approximate surface area is 173 Å². The second kappa shape index (κ2) is 8.39. The summed E-state index contributed by atoms with van der Waals surface area (Å²) in [6.07, 6.45) is 2.05. The lowest BCUT2D eigenvalue weighted by Gasteiger charge is -2.34. The molecule has 4 rings (SSSR count). The van der Waals surface area contributed by atoms with E-state index in [-0.39, 0.29) is 18.3 Å². The van der Waals surface area contributed by atoms with Crippen molar-refractivity contribution in [2.75, 3.05) is 32.8 Å². The summed E-state index contributed by atoms with van der Waals surface area (Å²) in [6, 6.07) is 7.16. The molecule has 0 aliphatic carbocycles. The van der Waals surface area contributed by atoms with Crippen molar-refractivity contribution >= 4 is 11.6 Å². The fourth-order valence-corrected chi connectivity index (χ4v) is 3.70. The molecule has 0 spiro atoms. The predicted octanol–water partition coefficient (Wildman–Crippen LogP) is 2.95. The minimum atomic E-state index is -0.814. The van der Waals surface area contributed by atoms with Crippen molar-refractivity contribution in [3.8, 4) is 5.75 Å². The van der Waals surface area contributed by atoms with E-state index in [9.17, 15) is 13.6 Å². The Hall–Kier alpha value is -3.00. The van der Waals surface area contributed by atoms with Crippen LogP contribution in [0.4, 0.5) is 8.78 Å². The second-order valence-corrected chi connectivity index (χ2v) is 7.60. The zero-order valence-corrected chi connectivity index (χ0v) is 17.1. The third-order valence-electron chi connectivity index (χ3n) is 5.42. The summed E-state index contributed by atoms with van der Waals surface area (Å²) >= 11 is 0. The molecule has 3 aromatic rings. The topological polar surface area (TPSA) is 50.1 Å². The summed E-state index contributed by atoms with van der Waals surface area (Å²) in [7, 11) is 0. The molecule has 0 saturated carbocycles. The van der Waals surface area contributed by atoms with E-state index in [2.05, 4.69) is 26.4 Å². The van der Waals surface area contributed by atoms with Crippen molar-refractivity contribution in [2.45, 2.75) is 20.4 Å². The molecule has 0 radical (unpaired) electrons. The van der Waals surface area contributed by atoms with Crippen molar-refractivity contribution in [2.24, 2.45) is 0 Å². The van der Waals surface area contributed by atoms with Gasteiger partial charge in [0.2, 0.25) is 0 Å². The van der Waals surface area contributed by atoms with Gasteiger partial charge in [-0.1, -0.05) is 0 Å². The lowest BCUT2D eigenvalue weighted by Crippen LogP contribution is -2.49. The molecular weight excluding hydrogens is 390 g/mol. The van der Waals surface area contributed by atoms with E-state index in [0.717, 1.165) is 48.8 Å². The van der Waals surface area contributed by atoms with Crippen molar-refractivity contribution in [1.82, 2.24) is 19.2 Å². The van der Waals surface area contributed by atoms with Crippen molar-refractivity contribution in [3.05, 3.63) is 65.1 Å². The zero-order valence-electron chi connectivity index (χ0n) is 17.1. The van der Waals surface area contributed by atoms with Crippen LogP contribution in [0.5, 0.6) is 5.75 Å². The average Bonchev–Trinajstić information content (AvgIpc) is 3.02. The van der Waals surface area contributed by atoms with Gasteiger partial charge < -0.3 is 14.0 Å². The van der Waals surface area contributed by atoms with E-state index < -0.39 is 11.6 Å². The fourth-order valence-electron chi connectivity index (χ4n) is 3.70. The summed E-state index contributed by atoms with van der Waals surface area (Å²) < 4.78 is 33.9. The standard InChI is InChI=1S/C22H24F2N4O2/c1-15-5-6-28-19(16(2)25-21(28)11-15)13-26-7-9-27(10-8-26)22(29)14-30-20-4-3-17(23)12-18(20)24/h3-6,11-12H,7-10,13-14H2,1-2H3. The molecule has 6 nitrogen and oxygen atoms in total. The van der Waals surface area contributed by atoms with Crippen LogP contribution in [-0.2, 0) is 11.3 Å². The Kier molecular flexibility index (Phi) is 5.67. The number of pyridine rings is 1. The van der Waals surface area contributed by atoms with Crippen LogP contribution in [0.2, 0.25) is 0 Å². The van der Waals surface area contributed by atoms with Crippen molar-refractivity contribution in [1.29, 1.82) is 0 Å². The molecule has 0 atom stereocenters. The normalized spacial score (nSPS) is 15.0. The van der Waals surface area contributed by atoms with E-state index in [4.69, 9.17) is 4.74 Å². The number of ether oxygens (including phenoxy) is 1. The number of aryl methyl sites for hydroxylation is 2. The molecule has 158 valence electrons. The Morgan fingerprint density at radius 2 is 1.87 bits per heavy atom. The number of nitrogens with zero attached hydrogens (tertiary/aromatic N) is 4. The number of halogens is 2. The highest BCUT2D eigenvalue weighted by atomic mass is 19.1. The highest BCUT2D eigenvalue weighted by molar-refractivity contribution is 5.77. The lowest BCUT2D eigenvalue weighted by atomic mass is 10.2. The second-order valence-electron chi connectivity index (χ2n) is 7.60. The van der Waals surface area contributed by atoms with E-state index in [1.54, 1.807) is 4.90 Å². The van der Waals surface area contributed by atoms with E-state index in [0.29, 0.717) is 13.1 Å². The predicted molar refractivity (Wildman–Crippen MR) is 108 cm³/mol. The van der Waals surface area contributed by atoms with Crippen molar-refractivity contribution < 1.29 is 18.3 Å². The van der Waals surface area contributed by atoms with Gasteiger partial charge in [-0.15, -0.1) is 0 Å².